The van der Waals surface area contributed by atoms with Crippen LogP contribution in [0.25, 0.3) is 0 Å². The molecule has 0 amide bonds. The maximum absolute atomic E-state index is 5.86. The van der Waals surface area contributed by atoms with Gasteiger partial charge < -0.3 is 0 Å². The lowest BCUT2D eigenvalue weighted by atomic mass is 10.1. The molecule has 2 rings (SSSR count). The summed E-state index contributed by atoms with van der Waals surface area (Å²) in [5.41, 5.74) is 2.53. The molecule has 0 atom stereocenters. The molecule has 1 nitrogen and oxygen atoms in total. The fourth-order valence-electron chi connectivity index (χ4n) is 1.53. The lowest BCUT2D eigenvalue weighted by molar-refractivity contribution is 0.950. The van der Waals surface area contributed by atoms with Crippen molar-refractivity contribution in [3.8, 4) is 0 Å². The van der Waals surface area contributed by atoms with Crippen LogP contribution in [0.4, 0.5) is 0 Å². The molecule has 0 radical (unpaired) electrons. The van der Waals surface area contributed by atoms with E-state index in [-0.39, 0.29) is 0 Å². The number of aromatic nitrogens is 1. The summed E-state index contributed by atoms with van der Waals surface area (Å²) in [4.78, 5) is 4.06. The highest BCUT2D eigenvalue weighted by molar-refractivity contribution is 6.30. The second kappa shape index (κ2) is 4.94. The first kappa shape index (κ1) is 10.2. The number of benzene rings is 1. The second-order valence-electron chi connectivity index (χ2n) is 3.50. The third kappa shape index (κ3) is 3.07. The van der Waals surface area contributed by atoms with Crippen molar-refractivity contribution >= 4 is 11.6 Å². The van der Waals surface area contributed by atoms with Crippen LogP contribution >= 0.6 is 11.6 Å². The molecule has 0 aliphatic rings. The average Bonchev–Trinajstić information content (AvgIpc) is 2.28. The van der Waals surface area contributed by atoms with Gasteiger partial charge >= 0.3 is 0 Å². The molecule has 0 bridgehead atoms. The monoisotopic (exact) mass is 217 g/mol. The summed E-state index contributed by atoms with van der Waals surface area (Å²) >= 11 is 5.86. The van der Waals surface area contributed by atoms with Crippen molar-refractivity contribution in [3.05, 3.63) is 64.9 Å². The highest BCUT2D eigenvalue weighted by Crippen LogP contribution is 2.11. The normalized spacial score (nSPS) is 10.2. The van der Waals surface area contributed by atoms with Gasteiger partial charge in [-0.25, -0.2) is 0 Å². The highest BCUT2D eigenvalue weighted by atomic mass is 35.5. The molecule has 1 heterocycles. The number of hydrogen-bond acceptors (Lipinski definition) is 1. The minimum absolute atomic E-state index is 0.709. The van der Waals surface area contributed by atoms with Gasteiger partial charge in [0.15, 0.2) is 0 Å². The van der Waals surface area contributed by atoms with Gasteiger partial charge in [0, 0.05) is 12.4 Å². The number of nitrogens with zero attached hydrogens (tertiary/aromatic N) is 1. The Labute approximate surface area is 94.7 Å². The Kier molecular flexibility index (Phi) is 3.36. The van der Waals surface area contributed by atoms with Crippen LogP contribution in [0, 0.1) is 0 Å². The van der Waals surface area contributed by atoms with E-state index in [4.69, 9.17) is 11.6 Å². The van der Waals surface area contributed by atoms with E-state index in [9.17, 15) is 0 Å². The molecule has 15 heavy (non-hydrogen) atoms. The van der Waals surface area contributed by atoms with Gasteiger partial charge in [0.2, 0.25) is 0 Å². The SMILES string of the molecule is Clc1cncc(CCc2ccccc2)c1. The molecule has 1 aromatic carbocycles. The van der Waals surface area contributed by atoms with Gasteiger partial charge in [-0.1, -0.05) is 41.9 Å². The van der Waals surface area contributed by atoms with Crippen LogP contribution in [0.5, 0.6) is 0 Å². The minimum atomic E-state index is 0.709. The second-order valence-corrected chi connectivity index (χ2v) is 3.93. The Morgan fingerprint density at radius 2 is 1.67 bits per heavy atom. The van der Waals surface area contributed by atoms with Gasteiger partial charge in [0.25, 0.3) is 0 Å². The molecule has 0 aliphatic carbocycles. The molecule has 0 N–H and O–H groups in total. The lowest BCUT2D eigenvalue weighted by Crippen LogP contribution is -1.91. The number of pyridine rings is 1. The molecule has 2 heteroatoms. The van der Waals surface area contributed by atoms with Crippen LogP contribution < -0.4 is 0 Å². The topological polar surface area (TPSA) is 12.9 Å². The van der Waals surface area contributed by atoms with Crippen LogP contribution in [0.3, 0.4) is 0 Å². The van der Waals surface area contributed by atoms with Gasteiger partial charge in [-0.05, 0) is 30.0 Å². The molecule has 0 saturated heterocycles. The number of aryl methyl sites for hydroxylation is 2. The van der Waals surface area contributed by atoms with Gasteiger partial charge in [0.1, 0.15) is 0 Å². The first-order chi connectivity index (χ1) is 7.34. The van der Waals surface area contributed by atoms with E-state index >= 15 is 0 Å². The van der Waals surface area contributed by atoms with Gasteiger partial charge in [-0.2, -0.15) is 0 Å². The molecule has 0 fully saturated rings. The number of halogens is 1. The van der Waals surface area contributed by atoms with Crippen molar-refractivity contribution in [1.82, 2.24) is 4.98 Å². The van der Waals surface area contributed by atoms with E-state index in [0.717, 1.165) is 12.8 Å². The predicted octanol–water partition coefficient (Wildman–Crippen LogP) is 3.52. The van der Waals surface area contributed by atoms with Crippen LogP contribution in [0.1, 0.15) is 11.1 Å². The molecule has 2 aromatic rings. The van der Waals surface area contributed by atoms with Crippen LogP contribution in [0.2, 0.25) is 5.02 Å². The van der Waals surface area contributed by atoms with Gasteiger partial charge in [-0.15, -0.1) is 0 Å². The third-order valence-corrected chi connectivity index (χ3v) is 2.51. The quantitative estimate of drug-likeness (QED) is 0.767. The molecule has 1 aromatic heterocycles. The van der Waals surface area contributed by atoms with Crippen LogP contribution in [-0.2, 0) is 12.8 Å². The van der Waals surface area contributed by atoms with Crippen molar-refractivity contribution in [2.75, 3.05) is 0 Å². The molecule has 76 valence electrons. The fraction of sp³-hybridized carbons (Fsp3) is 0.154. The summed E-state index contributed by atoms with van der Waals surface area (Å²) in [6.45, 7) is 0. The van der Waals surface area contributed by atoms with E-state index < -0.39 is 0 Å². The van der Waals surface area contributed by atoms with E-state index in [0.29, 0.717) is 5.02 Å². The summed E-state index contributed by atoms with van der Waals surface area (Å²) in [5.74, 6) is 0. The zero-order valence-electron chi connectivity index (χ0n) is 8.36. The van der Waals surface area contributed by atoms with E-state index in [1.165, 1.54) is 11.1 Å². The molecule has 0 unspecified atom stereocenters. The Balaban J connectivity index is 1.99. The minimum Gasteiger partial charge on any atom is -0.263 e. The average molecular weight is 218 g/mol. The van der Waals surface area contributed by atoms with Crippen molar-refractivity contribution < 1.29 is 0 Å². The first-order valence-electron chi connectivity index (χ1n) is 4.98. The molecule has 0 spiro atoms. The van der Waals surface area contributed by atoms with E-state index in [1.807, 2.05) is 18.3 Å². The van der Waals surface area contributed by atoms with Gasteiger partial charge in [-0.3, -0.25) is 4.98 Å². The van der Waals surface area contributed by atoms with Gasteiger partial charge in [0.05, 0.1) is 5.02 Å². The van der Waals surface area contributed by atoms with E-state index in [2.05, 4.69) is 29.2 Å². The Bertz CT molecular complexity index is 426. The van der Waals surface area contributed by atoms with Crippen molar-refractivity contribution in [2.24, 2.45) is 0 Å². The van der Waals surface area contributed by atoms with Crippen LogP contribution in [0.15, 0.2) is 48.8 Å². The van der Waals surface area contributed by atoms with Crippen molar-refractivity contribution in [3.63, 3.8) is 0 Å². The van der Waals surface area contributed by atoms with Crippen molar-refractivity contribution in [1.29, 1.82) is 0 Å². The first-order valence-corrected chi connectivity index (χ1v) is 5.36. The molecular weight excluding hydrogens is 206 g/mol. The molecular formula is C13H12ClN. The smallest absolute Gasteiger partial charge is 0.0592 e. The maximum atomic E-state index is 5.86. The Hall–Kier alpha value is -1.34. The zero-order valence-corrected chi connectivity index (χ0v) is 9.11. The fourth-order valence-corrected chi connectivity index (χ4v) is 1.72. The summed E-state index contributed by atoms with van der Waals surface area (Å²) < 4.78 is 0. The summed E-state index contributed by atoms with van der Waals surface area (Å²) in [6, 6.07) is 12.4. The zero-order chi connectivity index (χ0) is 10.5. The largest absolute Gasteiger partial charge is 0.263 e. The van der Waals surface area contributed by atoms with E-state index in [1.54, 1.807) is 6.20 Å². The van der Waals surface area contributed by atoms with Crippen LogP contribution in [-0.4, -0.2) is 4.98 Å². The molecule has 0 aliphatic heterocycles. The Morgan fingerprint density at radius 1 is 0.933 bits per heavy atom. The lowest BCUT2D eigenvalue weighted by Gasteiger charge is -2.01. The Morgan fingerprint density at radius 3 is 2.40 bits per heavy atom. The summed E-state index contributed by atoms with van der Waals surface area (Å²) in [6.07, 6.45) is 5.54. The standard InChI is InChI=1S/C13H12ClN/c14-13-8-12(9-15-10-13)7-6-11-4-2-1-3-5-11/h1-5,8-10H,6-7H2. The maximum Gasteiger partial charge on any atom is 0.0592 e. The molecule has 0 saturated carbocycles. The summed E-state index contributed by atoms with van der Waals surface area (Å²) in [5, 5.41) is 0.709. The number of hydrogen-bond donors (Lipinski definition) is 0. The number of rotatable bonds is 3. The predicted molar refractivity (Wildman–Crippen MR) is 63.1 cm³/mol. The highest BCUT2D eigenvalue weighted by Gasteiger charge is 1.96. The third-order valence-electron chi connectivity index (χ3n) is 2.31. The summed E-state index contributed by atoms with van der Waals surface area (Å²) in [7, 11) is 0. The van der Waals surface area contributed by atoms with Crippen molar-refractivity contribution in [2.45, 2.75) is 12.8 Å².